The number of amides is 1. The molecule has 0 aromatic heterocycles. The number of hydrogen-bond donors (Lipinski definition) is 0. The molecule has 5 heteroatoms. The Kier molecular flexibility index (Phi) is 4.28. The van der Waals surface area contributed by atoms with Gasteiger partial charge in [-0.15, -0.1) is 0 Å². The van der Waals surface area contributed by atoms with Crippen molar-refractivity contribution in [2.24, 2.45) is 0 Å². The minimum atomic E-state index is -0.903. The van der Waals surface area contributed by atoms with Crippen molar-refractivity contribution in [3.63, 3.8) is 0 Å². The molecule has 0 fully saturated rings. The highest BCUT2D eigenvalue weighted by Gasteiger charge is 2.25. The Balaban J connectivity index is 1.77. The predicted octanol–water partition coefficient (Wildman–Crippen LogP) is 3.38. The molecule has 0 saturated carbocycles. The van der Waals surface area contributed by atoms with Crippen LogP contribution in [0.15, 0.2) is 42.5 Å². The number of anilines is 2. The van der Waals surface area contributed by atoms with E-state index in [1.807, 2.05) is 31.2 Å². The molecule has 2 aromatic carbocycles. The Hall–Kier alpha value is -2.43. The molecule has 0 N–H and O–H groups in total. The monoisotopic (exact) mass is 316 g/mol. The lowest BCUT2D eigenvalue weighted by molar-refractivity contribution is -0.117. The summed E-state index contributed by atoms with van der Waals surface area (Å²) in [6.07, 6.45) is 0.846. The Morgan fingerprint density at radius 1 is 1.17 bits per heavy atom. The van der Waals surface area contributed by atoms with Crippen LogP contribution in [-0.4, -0.2) is 25.5 Å². The van der Waals surface area contributed by atoms with Crippen molar-refractivity contribution in [1.29, 1.82) is 0 Å². The molecule has 0 atom stereocenters. The van der Waals surface area contributed by atoms with Crippen LogP contribution >= 0.6 is 0 Å². The van der Waals surface area contributed by atoms with Crippen LogP contribution in [0.1, 0.15) is 12.5 Å². The highest BCUT2D eigenvalue weighted by molar-refractivity contribution is 5.98. The minimum absolute atomic E-state index is 0.0402. The summed E-state index contributed by atoms with van der Waals surface area (Å²) in [6.45, 7) is 3.21. The fraction of sp³-hybridized carbons (Fsp3) is 0.278. The van der Waals surface area contributed by atoms with E-state index in [-0.39, 0.29) is 12.5 Å². The van der Waals surface area contributed by atoms with E-state index < -0.39 is 11.6 Å². The number of carbonyl (C=O) groups is 1. The lowest BCUT2D eigenvalue weighted by Crippen LogP contribution is -2.39. The summed E-state index contributed by atoms with van der Waals surface area (Å²) in [7, 11) is 0. The molecule has 0 spiro atoms. The average Bonchev–Trinajstić information content (AvgIpc) is 2.99. The number of nitrogens with zero attached hydrogens (tertiary/aromatic N) is 2. The maximum Gasteiger partial charge on any atom is 0.246 e. The maximum absolute atomic E-state index is 13.4. The second kappa shape index (κ2) is 6.36. The largest absolute Gasteiger partial charge is 0.362 e. The Bertz CT molecular complexity index is 733. The lowest BCUT2D eigenvalue weighted by atomic mass is 10.2. The molecule has 0 unspecified atom stereocenters. The van der Waals surface area contributed by atoms with Crippen molar-refractivity contribution in [3.8, 4) is 0 Å². The molecular weight excluding hydrogens is 298 g/mol. The standard InChI is InChI=1S/C18H18F2N2O/c1-2-21(14-7-8-15(19)16(20)11-14)12-18(23)22-10-9-13-5-3-4-6-17(13)22/h3-8,11H,2,9-10,12H2,1H3. The van der Waals surface area contributed by atoms with Crippen LogP contribution in [-0.2, 0) is 11.2 Å². The second-order valence-electron chi connectivity index (χ2n) is 5.54. The first-order valence-corrected chi connectivity index (χ1v) is 7.68. The molecule has 1 aliphatic rings. The van der Waals surface area contributed by atoms with E-state index in [2.05, 4.69) is 0 Å². The zero-order valence-corrected chi connectivity index (χ0v) is 12.9. The van der Waals surface area contributed by atoms with Gasteiger partial charge in [0.05, 0.1) is 6.54 Å². The number of carbonyl (C=O) groups excluding carboxylic acids is 1. The van der Waals surface area contributed by atoms with Crippen LogP contribution in [0.5, 0.6) is 0 Å². The van der Waals surface area contributed by atoms with E-state index in [0.717, 1.165) is 29.8 Å². The van der Waals surface area contributed by atoms with Crippen LogP contribution in [0, 0.1) is 11.6 Å². The number of benzene rings is 2. The summed E-state index contributed by atoms with van der Waals surface area (Å²) in [5, 5.41) is 0. The quantitative estimate of drug-likeness (QED) is 0.863. The van der Waals surface area contributed by atoms with Crippen LogP contribution in [0.25, 0.3) is 0 Å². The van der Waals surface area contributed by atoms with Crippen molar-refractivity contribution in [3.05, 3.63) is 59.7 Å². The van der Waals surface area contributed by atoms with E-state index >= 15 is 0 Å². The van der Waals surface area contributed by atoms with Gasteiger partial charge in [-0.1, -0.05) is 18.2 Å². The number of rotatable bonds is 4. The molecule has 0 aliphatic carbocycles. The molecule has 0 radical (unpaired) electrons. The SMILES string of the molecule is CCN(CC(=O)N1CCc2ccccc21)c1ccc(F)c(F)c1. The van der Waals surface area contributed by atoms with Gasteiger partial charge in [-0.3, -0.25) is 4.79 Å². The highest BCUT2D eigenvalue weighted by Crippen LogP contribution is 2.28. The number of likely N-dealkylation sites (N-methyl/N-ethyl adjacent to an activating group) is 1. The maximum atomic E-state index is 13.4. The zero-order valence-electron chi connectivity index (χ0n) is 12.9. The smallest absolute Gasteiger partial charge is 0.246 e. The number of fused-ring (bicyclic) bond motifs is 1. The van der Waals surface area contributed by atoms with Crippen molar-refractivity contribution in [1.82, 2.24) is 0 Å². The van der Waals surface area contributed by atoms with Gasteiger partial charge in [-0.2, -0.15) is 0 Å². The van der Waals surface area contributed by atoms with Crippen LogP contribution in [0.3, 0.4) is 0 Å². The third-order valence-corrected chi connectivity index (χ3v) is 4.16. The molecular formula is C18H18F2N2O. The van der Waals surface area contributed by atoms with Gasteiger partial charge in [-0.05, 0) is 37.1 Å². The summed E-state index contributed by atoms with van der Waals surface area (Å²) in [6, 6.07) is 11.5. The average molecular weight is 316 g/mol. The minimum Gasteiger partial charge on any atom is -0.362 e. The number of halogens is 2. The third-order valence-electron chi connectivity index (χ3n) is 4.16. The van der Waals surface area contributed by atoms with Gasteiger partial charge in [0.15, 0.2) is 11.6 Å². The molecule has 120 valence electrons. The van der Waals surface area contributed by atoms with Crippen LogP contribution in [0.4, 0.5) is 20.2 Å². The van der Waals surface area contributed by atoms with Gasteiger partial charge in [0.2, 0.25) is 5.91 Å². The molecule has 1 amide bonds. The third kappa shape index (κ3) is 3.04. The summed E-state index contributed by atoms with van der Waals surface area (Å²) < 4.78 is 26.5. The summed E-state index contributed by atoms with van der Waals surface area (Å²) in [4.78, 5) is 16.1. The molecule has 0 saturated heterocycles. The Labute approximate surface area is 134 Å². The second-order valence-corrected chi connectivity index (χ2v) is 5.54. The molecule has 1 heterocycles. The normalized spacial score (nSPS) is 13.1. The fourth-order valence-electron chi connectivity index (χ4n) is 2.91. The first-order chi connectivity index (χ1) is 11.1. The van der Waals surface area contributed by atoms with E-state index in [1.54, 1.807) is 9.80 Å². The molecule has 3 nitrogen and oxygen atoms in total. The molecule has 23 heavy (non-hydrogen) atoms. The summed E-state index contributed by atoms with van der Waals surface area (Å²) >= 11 is 0. The van der Waals surface area contributed by atoms with Crippen molar-refractivity contribution < 1.29 is 13.6 Å². The van der Waals surface area contributed by atoms with Crippen molar-refractivity contribution in [2.45, 2.75) is 13.3 Å². The van der Waals surface area contributed by atoms with Crippen molar-refractivity contribution in [2.75, 3.05) is 29.4 Å². The Morgan fingerprint density at radius 3 is 2.70 bits per heavy atom. The topological polar surface area (TPSA) is 23.6 Å². The fourth-order valence-corrected chi connectivity index (χ4v) is 2.91. The predicted molar refractivity (Wildman–Crippen MR) is 86.7 cm³/mol. The Morgan fingerprint density at radius 2 is 1.96 bits per heavy atom. The van der Waals surface area contributed by atoms with E-state index in [9.17, 15) is 13.6 Å². The summed E-state index contributed by atoms with van der Waals surface area (Å²) in [5.41, 5.74) is 2.61. The van der Waals surface area contributed by atoms with E-state index in [1.165, 1.54) is 6.07 Å². The molecule has 0 bridgehead atoms. The first kappa shape index (κ1) is 15.5. The van der Waals surface area contributed by atoms with E-state index in [0.29, 0.717) is 18.8 Å². The van der Waals surface area contributed by atoms with Crippen LogP contribution in [0.2, 0.25) is 0 Å². The van der Waals surface area contributed by atoms with Gasteiger partial charge in [0.1, 0.15) is 0 Å². The van der Waals surface area contributed by atoms with Crippen molar-refractivity contribution >= 4 is 17.3 Å². The van der Waals surface area contributed by atoms with Gasteiger partial charge >= 0.3 is 0 Å². The highest BCUT2D eigenvalue weighted by atomic mass is 19.2. The van der Waals surface area contributed by atoms with Crippen LogP contribution < -0.4 is 9.80 Å². The van der Waals surface area contributed by atoms with Gasteiger partial charge < -0.3 is 9.80 Å². The number of hydrogen-bond acceptors (Lipinski definition) is 2. The zero-order chi connectivity index (χ0) is 16.4. The molecule has 3 rings (SSSR count). The van der Waals surface area contributed by atoms with Gasteiger partial charge in [0.25, 0.3) is 0 Å². The lowest BCUT2D eigenvalue weighted by Gasteiger charge is -2.26. The summed E-state index contributed by atoms with van der Waals surface area (Å²) in [5.74, 6) is -1.83. The van der Waals surface area contributed by atoms with Gasteiger partial charge in [-0.25, -0.2) is 8.78 Å². The molecule has 1 aliphatic heterocycles. The van der Waals surface area contributed by atoms with Gasteiger partial charge in [0, 0.05) is 30.5 Å². The number of para-hydroxylation sites is 1. The first-order valence-electron chi connectivity index (χ1n) is 7.68. The van der Waals surface area contributed by atoms with E-state index in [4.69, 9.17) is 0 Å². The molecule has 2 aromatic rings.